The molecule has 0 bridgehead atoms. The molecule has 0 amide bonds. The van der Waals surface area contributed by atoms with Gasteiger partial charge in [0, 0.05) is 18.6 Å². The van der Waals surface area contributed by atoms with Crippen LogP contribution in [-0.2, 0) is 10.3 Å². The number of ether oxygens (including phenoxy) is 1. The molecule has 1 aromatic carbocycles. The van der Waals surface area contributed by atoms with Gasteiger partial charge in [-0.15, -0.1) is 23.2 Å². The monoisotopic (exact) mass is 306 g/mol. The van der Waals surface area contributed by atoms with Gasteiger partial charge in [-0.1, -0.05) is 0 Å². The highest BCUT2D eigenvalue weighted by Gasteiger charge is 2.48. The van der Waals surface area contributed by atoms with Gasteiger partial charge >= 0.3 is 0 Å². The van der Waals surface area contributed by atoms with E-state index in [4.69, 9.17) is 27.9 Å². The lowest BCUT2D eigenvalue weighted by atomic mass is 9.96. The molecule has 0 N–H and O–H groups in total. The quantitative estimate of drug-likeness (QED) is 0.360. The van der Waals surface area contributed by atoms with E-state index in [0.717, 1.165) is 6.07 Å². The predicted octanol–water partition coefficient (Wildman–Crippen LogP) is 2.92. The SMILES string of the molecule is O=[N+]([O-])c1cc([N+](=O)[O-])cc(C2(CC(Cl)Cl)CO2)c1. The van der Waals surface area contributed by atoms with Crippen LogP contribution in [0.15, 0.2) is 18.2 Å². The summed E-state index contributed by atoms with van der Waals surface area (Å²) in [5.74, 6) is 0. The molecule has 1 aromatic rings. The summed E-state index contributed by atoms with van der Waals surface area (Å²) in [4.78, 5) is 19.5. The van der Waals surface area contributed by atoms with Gasteiger partial charge in [-0.25, -0.2) is 0 Å². The summed E-state index contributed by atoms with van der Waals surface area (Å²) >= 11 is 11.3. The molecule has 9 heteroatoms. The van der Waals surface area contributed by atoms with Crippen molar-refractivity contribution in [1.29, 1.82) is 0 Å². The number of nitro groups is 2. The zero-order chi connectivity index (χ0) is 14.2. The van der Waals surface area contributed by atoms with Crippen LogP contribution in [0.1, 0.15) is 12.0 Å². The van der Waals surface area contributed by atoms with Crippen molar-refractivity contribution in [2.75, 3.05) is 6.61 Å². The second-order valence-electron chi connectivity index (χ2n) is 4.13. The Balaban J connectivity index is 2.45. The van der Waals surface area contributed by atoms with Gasteiger partial charge in [-0.2, -0.15) is 0 Å². The topological polar surface area (TPSA) is 98.8 Å². The van der Waals surface area contributed by atoms with Gasteiger partial charge in [0.2, 0.25) is 0 Å². The van der Waals surface area contributed by atoms with Gasteiger partial charge in [-0.05, 0) is 5.56 Å². The fourth-order valence-electron chi connectivity index (χ4n) is 1.81. The number of epoxide rings is 1. The molecule has 0 aromatic heterocycles. The molecule has 1 saturated heterocycles. The van der Waals surface area contributed by atoms with Crippen molar-refractivity contribution >= 4 is 34.6 Å². The lowest BCUT2D eigenvalue weighted by molar-refractivity contribution is -0.394. The van der Waals surface area contributed by atoms with Crippen LogP contribution in [0.5, 0.6) is 0 Å². The lowest BCUT2D eigenvalue weighted by Crippen LogP contribution is -2.13. The maximum atomic E-state index is 10.8. The fraction of sp³-hybridized carbons (Fsp3) is 0.400. The molecule has 102 valence electrons. The summed E-state index contributed by atoms with van der Waals surface area (Å²) in [5.41, 5.74) is -1.23. The molecule has 1 fully saturated rings. The van der Waals surface area contributed by atoms with Crippen LogP contribution in [0.2, 0.25) is 0 Å². The number of hydrogen-bond donors (Lipinski definition) is 0. The van der Waals surface area contributed by atoms with Gasteiger partial charge < -0.3 is 4.74 Å². The molecule has 0 aliphatic carbocycles. The molecule has 1 atom stereocenters. The number of benzene rings is 1. The highest BCUT2D eigenvalue weighted by Crippen LogP contribution is 2.46. The summed E-state index contributed by atoms with van der Waals surface area (Å²) in [6.07, 6.45) is 0.217. The van der Waals surface area contributed by atoms with Gasteiger partial charge in [-0.3, -0.25) is 20.2 Å². The Labute approximate surface area is 117 Å². The van der Waals surface area contributed by atoms with Gasteiger partial charge in [0.15, 0.2) is 0 Å². The van der Waals surface area contributed by atoms with E-state index in [9.17, 15) is 20.2 Å². The fourth-order valence-corrected chi connectivity index (χ4v) is 2.31. The van der Waals surface area contributed by atoms with Crippen molar-refractivity contribution in [3.05, 3.63) is 44.0 Å². The summed E-state index contributed by atoms with van der Waals surface area (Å²) in [6.45, 7) is 0.279. The van der Waals surface area contributed by atoms with Crippen LogP contribution >= 0.6 is 23.2 Å². The number of rotatable bonds is 5. The predicted molar refractivity (Wildman–Crippen MR) is 67.5 cm³/mol. The minimum absolute atomic E-state index is 0.217. The first kappa shape index (κ1) is 14.0. The summed E-state index contributed by atoms with van der Waals surface area (Å²) < 4.78 is 5.25. The molecule has 0 radical (unpaired) electrons. The Bertz CT molecular complexity index is 512. The Morgan fingerprint density at radius 3 is 2.00 bits per heavy atom. The van der Waals surface area contributed by atoms with E-state index in [0.29, 0.717) is 5.56 Å². The Morgan fingerprint density at radius 1 is 1.21 bits per heavy atom. The lowest BCUT2D eigenvalue weighted by Gasteiger charge is -2.12. The standard InChI is InChI=1S/C10H8Cl2N2O5/c11-9(12)4-10(5-19-10)6-1-7(13(15)16)3-8(2-6)14(17)18/h1-3,9H,4-5H2. The zero-order valence-electron chi connectivity index (χ0n) is 9.42. The van der Waals surface area contributed by atoms with Crippen LogP contribution in [0, 0.1) is 20.2 Å². The van der Waals surface area contributed by atoms with Crippen LogP contribution in [-0.4, -0.2) is 21.3 Å². The van der Waals surface area contributed by atoms with E-state index in [2.05, 4.69) is 0 Å². The average molecular weight is 307 g/mol. The van der Waals surface area contributed by atoms with Crippen LogP contribution in [0.25, 0.3) is 0 Å². The van der Waals surface area contributed by atoms with Gasteiger partial charge in [0.25, 0.3) is 11.4 Å². The summed E-state index contributed by atoms with van der Waals surface area (Å²) in [7, 11) is 0. The zero-order valence-corrected chi connectivity index (χ0v) is 10.9. The third kappa shape index (κ3) is 2.94. The maximum absolute atomic E-state index is 10.8. The smallest absolute Gasteiger partial charge is 0.276 e. The minimum atomic E-state index is -0.856. The minimum Gasteiger partial charge on any atom is -0.364 e. The van der Waals surface area contributed by atoms with E-state index in [1.165, 1.54) is 12.1 Å². The second kappa shape index (κ2) is 4.92. The number of nitrogens with zero attached hydrogens (tertiary/aromatic N) is 2. The van der Waals surface area contributed by atoms with E-state index >= 15 is 0 Å². The van der Waals surface area contributed by atoms with E-state index in [1.54, 1.807) is 0 Å². The van der Waals surface area contributed by atoms with Crippen LogP contribution < -0.4 is 0 Å². The maximum Gasteiger partial charge on any atom is 0.276 e. The van der Waals surface area contributed by atoms with Gasteiger partial charge in [0.1, 0.15) is 10.4 Å². The number of halogens is 2. The summed E-state index contributed by atoms with van der Waals surface area (Å²) in [6, 6.07) is 3.39. The molecule has 7 nitrogen and oxygen atoms in total. The number of alkyl halides is 2. The molecule has 1 aliphatic rings. The highest BCUT2D eigenvalue weighted by atomic mass is 35.5. The molecule has 19 heavy (non-hydrogen) atoms. The molecule has 1 heterocycles. The molecular weight excluding hydrogens is 299 g/mol. The Kier molecular flexibility index (Phi) is 3.62. The Morgan fingerprint density at radius 2 is 1.68 bits per heavy atom. The Hall–Kier alpha value is -1.44. The highest BCUT2D eigenvalue weighted by molar-refractivity contribution is 6.44. The molecular formula is C10H8Cl2N2O5. The third-order valence-electron chi connectivity index (χ3n) is 2.83. The van der Waals surface area contributed by atoms with Crippen molar-refractivity contribution in [1.82, 2.24) is 0 Å². The first-order valence-electron chi connectivity index (χ1n) is 5.20. The molecule has 0 saturated carbocycles. The second-order valence-corrected chi connectivity index (χ2v) is 5.41. The van der Waals surface area contributed by atoms with Crippen LogP contribution in [0.4, 0.5) is 11.4 Å². The van der Waals surface area contributed by atoms with Crippen molar-refractivity contribution in [3.63, 3.8) is 0 Å². The van der Waals surface area contributed by atoms with E-state index < -0.39 is 20.3 Å². The first-order valence-corrected chi connectivity index (χ1v) is 6.08. The molecule has 1 aliphatic heterocycles. The van der Waals surface area contributed by atoms with Gasteiger partial charge in [0.05, 0.1) is 22.5 Å². The van der Waals surface area contributed by atoms with Crippen LogP contribution in [0.3, 0.4) is 0 Å². The molecule has 0 spiro atoms. The van der Waals surface area contributed by atoms with Crippen molar-refractivity contribution in [2.45, 2.75) is 16.9 Å². The number of non-ortho nitro benzene ring substituents is 2. The van der Waals surface area contributed by atoms with E-state index in [-0.39, 0.29) is 24.4 Å². The third-order valence-corrected chi connectivity index (χ3v) is 3.14. The molecule has 1 unspecified atom stereocenters. The summed E-state index contributed by atoms with van der Waals surface area (Å²) in [5, 5.41) is 21.6. The number of nitro benzene ring substituents is 2. The van der Waals surface area contributed by atoms with E-state index in [1.807, 2.05) is 0 Å². The number of hydrogen-bond acceptors (Lipinski definition) is 5. The van der Waals surface area contributed by atoms with Crippen molar-refractivity contribution in [3.8, 4) is 0 Å². The molecule has 2 rings (SSSR count). The average Bonchev–Trinajstić information content (AvgIpc) is 3.08. The van der Waals surface area contributed by atoms with Crippen molar-refractivity contribution < 1.29 is 14.6 Å². The largest absolute Gasteiger partial charge is 0.364 e. The normalized spacial score (nSPS) is 21.4. The first-order chi connectivity index (χ1) is 8.84. The van der Waals surface area contributed by atoms with Crippen molar-refractivity contribution in [2.24, 2.45) is 0 Å².